The predicted molar refractivity (Wildman–Crippen MR) is 87.7 cm³/mol. The number of nitrogens with zero attached hydrogens (tertiary/aromatic N) is 3. The average molecular weight is 341 g/mol. The van der Waals surface area contributed by atoms with E-state index in [1.165, 1.54) is 29.4 Å². The van der Waals surface area contributed by atoms with Gasteiger partial charge in [-0.15, -0.1) is 5.10 Å². The average Bonchev–Trinajstić information content (AvgIpc) is 2.96. The van der Waals surface area contributed by atoms with Gasteiger partial charge in [0.25, 0.3) is 0 Å². The first kappa shape index (κ1) is 16.4. The molecule has 3 aromatic rings. The third-order valence-corrected chi connectivity index (χ3v) is 3.66. The van der Waals surface area contributed by atoms with Crippen molar-refractivity contribution >= 4 is 17.6 Å². The monoisotopic (exact) mass is 341 g/mol. The molecule has 128 valence electrons. The molecule has 0 bridgehead atoms. The molecule has 0 N–H and O–H groups in total. The van der Waals surface area contributed by atoms with E-state index in [9.17, 15) is 14.4 Å². The zero-order chi connectivity index (χ0) is 18.0. The topological polar surface area (TPSA) is 91.9 Å². The van der Waals surface area contributed by atoms with Crippen LogP contribution in [-0.4, -0.2) is 40.3 Å². The number of hydrogen-bond donors (Lipinski definition) is 0. The van der Waals surface area contributed by atoms with Gasteiger partial charge in [0.05, 0.1) is 31.9 Å². The van der Waals surface area contributed by atoms with Gasteiger partial charge in [0.1, 0.15) is 0 Å². The van der Waals surface area contributed by atoms with Crippen LogP contribution < -0.4 is 5.69 Å². The van der Waals surface area contributed by atoms with Crippen molar-refractivity contribution in [1.29, 1.82) is 0 Å². The first-order valence-electron chi connectivity index (χ1n) is 7.38. The molecule has 8 nitrogen and oxygen atoms in total. The molecule has 8 heteroatoms. The molecule has 2 heterocycles. The van der Waals surface area contributed by atoms with Crippen LogP contribution in [0.2, 0.25) is 0 Å². The first-order valence-corrected chi connectivity index (χ1v) is 7.38. The molecule has 0 saturated heterocycles. The van der Waals surface area contributed by atoms with E-state index >= 15 is 0 Å². The number of hydrogen-bond acceptors (Lipinski definition) is 6. The Kier molecular flexibility index (Phi) is 4.34. The van der Waals surface area contributed by atoms with Gasteiger partial charge in [0.2, 0.25) is 0 Å². The number of rotatable bonds is 4. The van der Waals surface area contributed by atoms with Crippen molar-refractivity contribution in [2.24, 2.45) is 0 Å². The number of aromatic nitrogens is 3. The summed E-state index contributed by atoms with van der Waals surface area (Å²) in [6.45, 7) is 0.0926. The van der Waals surface area contributed by atoms with Gasteiger partial charge in [0, 0.05) is 6.20 Å². The Balaban J connectivity index is 2.06. The second-order valence-corrected chi connectivity index (χ2v) is 5.27. The van der Waals surface area contributed by atoms with E-state index in [0.29, 0.717) is 11.2 Å². The van der Waals surface area contributed by atoms with Gasteiger partial charge in [-0.2, -0.15) is 0 Å². The van der Waals surface area contributed by atoms with Crippen LogP contribution in [-0.2, 0) is 16.0 Å². The molecule has 0 unspecified atom stereocenters. The van der Waals surface area contributed by atoms with Crippen LogP contribution in [0.25, 0.3) is 5.65 Å². The highest BCUT2D eigenvalue weighted by atomic mass is 16.5. The number of carbonyl (C=O) groups excluding carboxylic acids is 2. The van der Waals surface area contributed by atoms with E-state index in [1.54, 1.807) is 36.5 Å². The Labute approximate surface area is 142 Å². The van der Waals surface area contributed by atoms with Crippen LogP contribution in [0.1, 0.15) is 26.3 Å². The summed E-state index contributed by atoms with van der Waals surface area (Å²) in [7, 11) is 2.50. The van der Waals surface area contributed by atoms with E-state index in [4.69, 9.17) is 9.47 Å². The number of ether oxygens (including phenoxy) is 2. The third kappa shape index (κ3) is 3.14. The largest absolute Gasteiger partial charge is 0.465 e. The fourth-order valence-electron chi connectivity index (χ4n) is 2.50. The van der Waals surface area contributed by atoms with Gasteiger partial charge in [-0.1, -0.05) is 6.07 Å². The Bertz CT molecular complexity index is 984. The zero-order valence-corrected chi connectivity index (χ0v) is 13.6. The van der Waals surface area contributed by atoms with E-state index in [-0.39, 0.29) is 23.4 Å². The molecule has 0 saturated carbocycles. The summed E-state index contributed by atoms with van der Waals surface area (Å²) in [4.78, 5) is 36.0. The summed E-state index contributed by atoms with van der Waals surface area (Å²) >= 11 is 0. The molecule has 25 heavy (non-hydrogen) atoms. The second-order valence-electron chi connectivity index (χ2n) is 5.27. The summed E-state index contributed by atoms with van der Waals surface area (Å²) < 4.78 is 12.1. The molecular formula is C17H15N3O5. The molecule has 2 aromatic heterocycles. The molecule has 0 fully saturated rings. The molecule has 0 aliphatic carbocycles. The fraction of sp³-hybridized carbons (Fsp3) is 0.176. The van der Waals surface area contributed by atoms with Crippen LogP contribution >= 0.6 is 0 Å². The Hall–Kier alpha value is -3.42. The van der Waals surface area contributed by atoms with Crippen molar-refractivity contribution in [2.75, 3.05) is 14.2 Å². The maximum absolute atomic E-state index is 12.4. The number of esters is 2. The lowest BCUT2D eigenvalue weighted by Gasteiger charge is -2.07. The first-order chi connectivity index (χ1) is 12.0. The SMILES string of the molecule is COC(=O)c1cc(Cn2nc3ccccn3c2=O)cc(C(=O)OC)c1. The van der Waals surface area contributed by atoms with E-state index < -0.39 is 11.9 Å². The minimum Gasteiger partial charge on any atom is -0.465 e. The van der Waals surface area contributed by atoms with Crippen LogP contribution in [0, 0.1) is 0 Å². The number of pyridine rings is 1. The Morgan fingerprint density at radius 2 is 1.68 bits per heavy atom. The van der Waals surface area contributed by atoms with Crippen molar-refractivity contribution in [3.8, 4) is 0 Å². The van der Waals surface area contributed by atoms with E-state index in [0.717, 1.165) is 0 Å². The molecule has 0 atom stereocenters. The molecule has 1 aromatic carbocycles. The molecule has 3 rings (SSSR count). The molecule has 0 aliphatic heterocycles. The summed E-state index contributed by atoms with van der Waals surface area (Å²) in [5, 5.41) is 4.23. The lowest BCUT2D eigenvalue weighted by atomic mass is 10.1. The summed E-state index contributed by atoms with van der Waals surface area (Å²) in [5.74, 6) is -1.18. The highest BCUT2D eigenvalue weighted by Crippen LogP contribution is 2.14. The number of benzene rings is 1. The van der Waals surface area contributed by atoms with E-state index in [2.05, 4.69) is 5.10 Å². The maximum atomic E-state index is 12.4. The summed E-state index contributed by atoms with van der Waals surface area (Å²) in [5.41, 5.74) is 1.12. The lowest BCUT2D eigenvalue weighted by Crippen LogP contribution is -2.22. The van der Waals surface area contributed by atoms with Crippen LogP contribution in [0.15, 0.2) is 47.4 Å². The van der Waals surface area contributed by atoms with Crippen LogP contribution in [0.4, 0.5) is 0 Å². The molecule has 0 amide bonds. The molecule has 0 radical (unpaired) electrons. The third-order valence-electron chi connectivity index (χ3n) is 3.66. The number of carbonyl (C=O) groups is 2. The van der Waals surface area contributed by atoms with E-state index in [1.807, 2.05) is 0 Å². The molecule has 0 aliphatic rings. The lowest BCUT2D eigenvalue weighted by molar-refractivity contribution is 0.0599. The summed E-state index contributed by atoms with van der Waals surface area (Å²) in [6, 6.07) is 9.70. The summed E-state index contributed by atoms with van der Waals surface area (Å²) in [6.07, 6.45) is 1.62. The van der Waals surface area contributed by atoms with Crippen molar-refractivity contribution in [3.63, 3.8) is 0 Å². The van der Waals surface area contributed by atoms with Gasteiger partial charge >= 0.3 is 17.6 Å². The van der Waals surface area contributed by atoms with Crippen molar-refractivity contribution < 1.29 is 19.1 Å². The second kappa shape index (κ2) is 6.60. The standard InChI is InChI=1S/C17H15N3O5/c1-24-15(21)12-7-11(8-13(9-12)16(22)25-2)10-20-17(23)19-6-4-3-5-14(19)18-20/h3-9H,10H2,1-2H3. The van der Waals surface area contributed by atoms with Crippen molar-refractivity contribution in [2.45, 2.75) is 6.54 Å². The smallest absolute Gasteiger partial charge is 0.350 e. The van der Waals surface area contributed by atoms with Gasteiger partial charge in [-0.25, -0.2) is 19.1 Å². The van der Waals surface area contributed by atoms with Gasteiger partial charge < -0.3 is 9.47 Å². The quantitative estimate of drug-likeness (QED) is 0.660. The van der Waals surface area contributed by atoms with Gasteiger partial charge in [-0.05, 0) is 35.9 Å². The zero-order valence-electron chi connectivity index (χ0n) is 13.6. The van der Waals surface area contributed by atoms with Crippen LogP contribution in [0.3, 0.4) is 0 Å². The molecular weight excluding hydrogens is 326 g/mol. The normalized spacial score (nSPS) is 10.6. The van der Waals surface area contributed by atoms with Gasteiger partial charge in [-0.3, -0.25) is 4.40 Å². The predicted octanol–water partition coefficient (Wildman–Crippen LogP) is 1.12. The highest BCUT2D eigenvalue weighted by molar-refractivity contribution is 5.95. The Morgan fingerprint density at radius 1 is 1.04 bits per heavy atom. The van der Waals surface area contributed by atoms with Crippen molar-refractivity contribution in [1.82, 2.24) is 14.2 Å². The minimum atomic E-state index is -0.589. The van der Waals surface area contributed by atoms with Crippen LogP contribution in [0.5, 0.6) is 0 Å². The highest BCUT2D eigenvalue weighted by Gasteiger charge is 2.15. The number of fused-ring (bicyclic) bond motifs is 1. The minimum absolute atomic E-state index is 0.0926. The van der Waals surface area contributed by atoms with Gasteiger partial charge in [0.15, 0.2) is 5.65 Å². The number of methoxy groups -OCH3 is 2. The fourth-order valence-corrected chi connectivity index (χ4v) is 2.50. The van der Waals surface area contributed by atoms with Crippen molar-refractivity contribution in [3.05, 3.63) is 69.8 Å². The Morgan fingerprint density at radius 3 is 2.24 bits per heavy atom. The maximum Gasteiger partial charge on any atom is 0.350 e. The molecule has 0 spiro atoms.